The SMILES string of the molecule is CC(C)(C)C1=CC2=NC(CO)CN2C(N)=N1. The summed E-state index contributed by atoms with van der Waals surface area (Å²) in [4.78, 5) is 10.6. The van der Waals surface area contributed by atoms with Crippen molar-refractivity contribution >= 4 is 11.8 Å². The van der Waals surface area contributed by atoms with Gasteiger partial charge in [-0.15, -0.1) is 0 Å². The first-order chi connectivity index (χ1) is 7.41. The minimum Gasteiger partial charge on any atom is -0.394 e. The van der Waals surface area contributed by atoms with E-state index in [-0.39, 0.29) is 18.1 Å². The standard InChI is InChI=1S/C11H18N4O/c1-11(2,3)8-4-9-13-7(6-16)5-15(9)10(12)14-8/h4,7,16H,5-6H2,1-3H3,(H2,12,14). The maximum atomic E-state index is 9.09. The lowest BCUT2D eigenvalue weighted by molar-refractivity contribution is 0.264. The Morgan fingerprint density at radius 2 is 2.25 bits per heavy atom. The van der Waals surface area contributed by atoms with E-state index in [1.165, 1.54) is 0 Å². The molecule has 0 fully saturated rings. The van der Waals surface area contributed by atoms with Crippen LogP contribution in [0.4, 0.5) is 0 Å². The van der Waals surface area contributed by atoms with Crippen LogP contribution in [0, 0.1) is 5.41 Å². The van der Waals surface area contributed by atoms with Crippen molar-refractivity contribution in [2.75, 3.05) is 13.2 Å². The second kappa shape index (κ2) is 3.59. The Kier molecular flexibility index (Phi) is 2.50. The number of guanidine groups is 1. The molecule has 0 amide bonds. The summed E-state index contributed by atoms with van der Waals surface area (Å²) in [6.45, 7) is 6.93. The van der Waals surface area contributed by atoms with E-state index >= 15 is 0 Å². The molecule has 0 radical (unpaired) electrons. The molecule has 3 N–H and O–H groups in total. The third kappa shape index (κ3) is 1.82. The molecule has 0 saturated heterocycles. The van der Waals surface area contributed by atoms with Gasteiger partial charge in [0.2, 0.25) is 5.96 Å². The van der Waals surface area contributed by atoms with Gasteiger partial charge in [-0.1, -0.05) is 20.8 Å². The van der Waals surface area contributed by atoms with Crippen molar-refractivity contribution in [3.8, 4) is 0 Å². The second-order valence-corrected chi connectivity index (χ2v) is 5.18. The Morgan fingerprint density at radius 3 is 2.81 bits per heavy atom. The predicted molar refractivity (Wildman–Crippen MR) is 64.2 cm³/mol. The van der Waals surface area contributed by atoms with E-state index in [1.807, 2.05) is 11.0 Å². The number of rotatable bonds is 1. The lowest BCUT2D eigenvalue weighted by Crippen LogP contribution is -2.43. The molecular weight excluding hydrogens is 204 g/mol. The van der Waals surface area contributed by atoms with Gasteiger partial charge in [0.15, 0.2) is 0 Å². The summed E-state index contributed by atoms with van der Waals surface area (Å²) < 4.78 is 0. The maximum Gasteiger partial charge on any atom is 0.202 e. The van der Waals surface area contributed by atoms with Crippen molar-refractivity contribution in [1.29, 1.82) is 0 Å². The second-order valence-electron chi connectivity index (χ2n) is 5.18. The molecule has 0 aliphatic carbocycles. The van der Waals surface area contributed by atoms with Crippen molar-refractivity contribution in [3.63, 3.8) is 0 Å². The molecule has 1 unspecified atom stereocenters. The summed E-state index contributed by atoms with van der Waals surface area (Å²) in [6.07, 6.45) is 1.95. The molecule has 2 heterocycles. The highest BCUT2D eigenvalue weighted by molar-refractivity contribution is 6.08. The van der Waals surface area contributed by atoms with Crippen LogP contribution in [0.25, 0.3) is 0 Å². The van der Waals surface area contributed by atoms with Crippen molar-refractivity contribution in [2.45, 2.75) is 26.8 Å². The van der Waals surface area contributed by atoms with Crippen molar-refractivity contribution in [3.05, 3.63) is 11.8 Å². The minimum atomic E-state index is -0.0840. The summed E-state index contributed by atoms with van der Waals surface area (Å²) in [6, 6.07) is -0.0840. The summed E-state index contributed by atoms with van der Waals surface area (Å²) in [5, 5.41) is 9.09. The number of hydrogen-bond donors (Lipinski definition) is 2. The van der Waals surface area contributed by atoms with Crippen molar-refractivity contribution < 1.29 is 5.11 Å². The van der Waals surface area contributed by atoms with Gasteiger partial charge in [-0.05, 0) is 0 Å². The fourth-order valence-electron chi connectivity index (χ4n) is 1.75. The first-order valence-electron chi connectivity index (χ1n) is 5.44. The normalized spacial score (nSPS) is 24.9. The molecule has 2 aliphatic heterocycles. The smallest absolute Gasteiger partial charge is 0.202 e. The molecule has 2 aliphatic rings. The number of allylic oxidation sites excluding steroid dienone is 1. The number of amidine groups is 1. The van der Waals surface area contributed by atoms with E-state index in [0.29, 0.717) is 12.5 Å². The van der Waals surface area contributed by atoms with Crippen molar-refractivity contribution in [2.24, 2.45) is 21.1 Å². The van der Waals surface area contributed by atoms with Gasteiger partial charge in [-0.25, -0.2) is 4.99 Å². The molecule has 0 spiro atoms. The van der Waals surface area contributed by atoms with Gasteiger partial charge < -0.3 is 10.8 Å². The third-order valence-corrected chi connectivity index (χ3v) is 2.74. The van der Waals surface area contributed by atoms with Crippen molar-refractivity contribution in [1.82, 2.24) is 4.90 Å². The number of fused-ring (bicyclic) bond motifs is 1. The number of nitrogens with zero attached hydrogens (tertiary/aromatic N) is 3. The molecule has 5 heteroatoms. The molecule has 0 aromatic heterocycles. The zero-order valence-corrected chi connectivity index (χ0v) is 9.94. The first-order valence-corrected chi connectivity index (χ1v) is 5.44. The van der Waals surface area contributed by atoms with Crippen LogP contribution >= 0.6 is 0 Å². The van der Waals surface area contributed by atoms with Crippen LogP contribution < -0.4 is 5.73 Å². The lowest BCUT2D eigenvalue weighted by Gasteiger charge is -2.27. The average molecular weight is 222 g/mol. The first kappa shape index (κ1) is 11.1. The van der Waals surface area contributed by atoms with Gasteiger partial charge in [0.25, 0.3) is 0 Å². The molecule has 2 rings (SSSR count). The summed E-state index contributed by atoms with van der Waals surface area (Å²) >= 11 is 0. The Balaban J connectivity index is 2.34. The number of aliphatic hydroxyl groups is 1. The summed E-state index contributed by atoms with van der Waals surface area (Å²) in [5.74, 6) is 1.29. The van der Waals surface area contributed by atoms with Gasteiger partial charge in [-0.3, -0.25) is 9.89 Å². The fraction of sp³-hybridized carbons (Fsp3) is 0.636. The molecule has 0 aromatic rings. The Hall–Kier alpha value is -1.36. The monoisotopic (exact) mass is 222 g/mol. The number of hydrogen-bond acceptors (Lipinski definition) is 5. The number of nitrogens with two attached hydrogens (primary N) is 1. The third-order valence-electron chi connectivity index (χ3n) is 2.74. The topological polar surface area (TPSA) is 74.2 Å². The van der Waals surface area contributed by atoms with Gasteiger partial charge in [0, 0.05) is 11.5 Å². The van der Waals surface area contributed by atoms with Crippen LogP contribution in [-0.2, 0) is 0 Å². The van der Waals surface area contributed by atoms with Crippen LogP contribution in [0.15, 0.2) is 21.8 Å². The molecular formula is C11H18N4O. The average Bonchev–Trinajstić information content (AvgIpc) is 2.59. The highest BCUT2D eigenvalue weighted by Crippen LogP contribution is 2.29. The van der Waals surface area contributed by atoms with E-state index in [4.69, 9.17) is 10.8 Å². The van der Waals surface area contributed by atoms with Crippen LogP contribution in [0.2, 0.25) is 0 Å². The largest absolute Gasteiger partial charge is 0.394 e. The quantitative estimate of drug-likeness (QED) is 0.671. The summed E-state index contributed by atoms with van der Waals surface area (Å²) in [5.41, 5.74) is 6.78. The predicted octanol–water partition coefficient (Wildman–Crippen LogP) is 0.320. The molecule has 0 bridgehead atoms. The molecule has 88 valence electrons. The van der Waals surface area contributed by atoms with E-state index in [2.05, 4.69) is 30.8 Å². The van der Waals surface area contributed by atoms with Gasteiger partial charge in [0.05, 0.1) is 24.9 Å². The van der Waals surface area contributed by atoms with Crippen LogP contribution in [-0.4, -0.2) is 41.0 Å². The minimum absolute atomic E-state index is 0.0451. The molecule has 0 saturated carbocycles. The number of aliphatic hydroxyl groups excluding tert-OH is 1. The molecule has 0 aromatic carbocycles. The van der Waals surface area contributed by atoms with E-state index in [0.717, 1.165) is 11.5 Å². The molecule has 1 atom stereocenters. The zero-order valence-electron chi connectivity index (χ0n) is 9.94. The van der Waals surface area contributed by atoms with Crippen LogP contribution in [0.3, 0.4) is 0 Å². The lowest BCUT2D eigenvalue weighted by atomic mass is 9.91. The molecule has 5 nitrogen and oxygen atoms in total. The van der Waals surface area contributed by atoms with E-state index in [1.54, 1.807) is 0 Å². The van der Waals surface area contributed by atoms with E-state index < -0.39 is 0 Å². The summed E-state index contributed by atoms with van der Waals surface area (Å²) in [7, 11) is 0. The Labute approximate surface area is 95.4 Å². The highest BCUT2D eigenvalue weighted by Gasteiger charge is 2.31. The number of aliphatic imine (C=N–C) groups is 2. The van der Waals surface area contributed by atoms with E-state index in [9.17, 15) is 0 Å². The Bertz CT molecular complexity index is 389. The van der Waals surface area contributed by atoms with Crippen LogP contribution in [0.1, 0.15) is 20.8 Å². The van der Waals surface area contributed by atoms with Gasteiger partial charge in [-0.2, -0.15) is 0 Å². The zero-order chi connectivity index (χ0) is 11.9. The highest BCUT2D eigenvalue weighted by atomic mass is 16.3. The Morgan fingerprint density at radius 1 is 1.56 bits per heavy atom. The van der Waals surface area contributed by atoms with Crippen LogP contribution in [0.5, 0.6) is 0 Å². The maximum absolute atomic E-state index is 9.09. The van der Waals surface area contributed by atoms with Gasteiger partial charge >= 0.3 is 0 Å². The van der Waals surface area contributed by atoms with Gasteiger partial charge in [0.1, 0.15) is 5.84 Å². The molecule has 16 heavy (non-hydrogen) atoms. The fourth-order valence-corrected chi connectivity index (χ4v) is 1.75.